The Bertz CT molecular complexity index is 559. The largest absolute Gasteiger partial charge is 0.492 e. The van der Waals surface area contributed by atoms with Crippen LogP contribution in [0.3, 0.4) is 0 Å². The number of halogens is 1. The highest BCUT2D eigenvalue weighted by atomic mass is 35.5. The van der Waals surface area contributed by atoms with Crippen molar-refractivity contribution in [1.29, 1.82) is 0 Å². The number of piperidine rings is 1. The van der Waals surface area contributed by atoms with Gasteiger partial charge in [-0.25, -0.2) is 8.42 Å². The number of ether oxygens (including phenoxy) is 1. The first kappa shape index (κ1) is 16.6. The second-order valence-electron chi connectivity index (χ2n) is 5.48. The van der Waals surface area contributed by atoms with Gasteiger partial charge in [0.25, 0.3) is 0 Å². The normalized spacial score (nSPS) is 24.0. The Morgan fingerprint density at radius 3 is 2.57 bits per heavy atom. The smallest absolute Gasteiger partial charge is 0.243 e. The van der Waals surface area contributed by atoms with E-state index in [0.717, 1.165) is 12.8 Å². The monoisotopic (exact) mass is 331 g/mol. The van der Waals surface area contributed by atoms with Crippen LogP contribution in [0.5, 0.6) is 5.75 Å². The van der Waals surface area contributed by atoms with Crippen LogP contribution in [0, 0.1) is 5.92 Å². The molecule has 0 radical (unpaired) electrons. The second kappa shape index (κ2) is 6.99. The number of rotatable bonds is 5. The number of hydrogen-bond acceptors (Lipinski definition) is 3. The molecule has 0 aliphatic carbocycles. The van der Waals surface area contributed by atoms with Crippen molar-refractivity contribution in [3.63, 3.8) is 0 Å². The molecule has 118 valence electrons. The van der Waals surface area contributed by atoms with Gasteiger partial charge < -0.3 is 4.74 Å². The molecule has 1 aromatic rings. The molecule has 1 aliphatic heterocycles. The number of hydrogen-bond donors (Lipinski definition) is 0. The summed E-state index contributed by atoms with van der Waals surface area (Å²) in [5, 5.41) is 0. The van der Waals surface area contributed by atoms with E-state index in [0.29, 0.717) is 35.6 Å². The summed E-state index contributed by atoms with van der Waals surface area (Å²) in [6, 6.07) is 6.60. The first-order valence-corrected chi connectivity index (χ1v) is 9.25. The fraction of sp³-hybridized carbons (Fsp3) is 0.600. The summed E-state index contributed by atoms with van der Waals surface area (Å²) in [4.78, 5) is 0.321. The number of benzene rings is 1. The van der Waals surface area contributed by atoms with Crippen molar-refractivity contribution in [1.82, 2.24) is 4.31 Å². The van der Waals surface area contributed by atoms with Gasteiger partial charge in [0.15, 0.2) is 0 Å². The molecule has 0 amide bonds. The molecule has 2 rings (SSSR count). The zero-order valence-electron chi connectivity index (χ0n) is 12.5. The van der Waals surface area contributed by atoms with Gasteiger partial charge in [-0.3, -0.25) is 0 Å². The summed E-state index contributed by atoms with van der Waals surface area (Å²) < 4.78 is 32.5. The van der Waals surface area contributed by atoms with Crippen LogP contribution >= 0.6 is 11.6 Å². The van der Waals surface area contributed by atoms with Crippen molar-refractivity contribution in [2.45, 2.75) is 37.6 Å². The third-order valence-corrected chi connectivity index (χ3v) is 6.25. The maximum Gasteiger partial charge on any atom is 0.243 e. The Hall–Kier alpha value is -0.780. The lowest BCUT2D eigenvalue weighted by Gasteiger charge is -2.36. The molecular weight excluding hydrogens is 310 g/mol. The number of nitrogens with zero attached hydrogens (tertiary/aromatic N) is 1. The first-order valence-electron chi connectivity index (χ1n) is 7.27. The third-order valence-electron chi connectivity index (χ3n) is 4.09. The maximum absolute atomic E-state index is 12.7. The zero-order valence-corrected chi connectivity index (χ0v) is 14.0. The van der Waals surface area contributed by atoms with E-state index in [9.17, 15) is 8.42 Å². The Balaban J connectivity index is 2.19. The Morgan fingerprint density at radius 1 is 1.29 bits per heavy atom. The molecule has 1 aliphatic rings. The van der Waals surface area contributed by atoms with Gasteiger partial charge in [0, 0.05) is 12.6 Å². The molecule has 0 N–H and O–H groups in total. The van der Waals surface area contributed by atoms with Crippen LogP contribution in [0.2, 0.25) is 0 Å². The summed E-state index contributed by atoms with van der Waals surface area (Å²) in [5.41, 5.74) is 0. The van der Waals surface area contributed by atoms with Gasteiger partial charge in [-0.1, -0.05) is 6.92 Å². The molecule has 21 heavy (non-hydrogen) atoms. The second-order valence-corrected chi connectivity index (χ2v) is 7.75. The van der Waals surface area contributed by atoms with E-state index in [1.165, 1.54) is 0 Å². The zero-order chi connectivity index (χ0) is 15.5. The summed E-state index contributed by atoms with van der Waals surface area (Å²) in [5.74, 6) is 1.43. The highest BCUT2D eigenvalue weighted by molar-refractivity contribution is 7.89. The first-order chi connectivity index (χ1) is 9.96. The minimum atomic E-state index is -3.43. The van der Waals surface area contributed by atoms with Crippen LogP contribution in [-0.2, 0) is 10.0 Å². The summed E-state index contributed by atoms with van der Waals surface area (Å²) in [6.45, 7) is 5.10. The van der Waals surface area contributed by atoms with Crippen LogP contribution in [0.15, 0.2) is 29.2 Å². The minimum Gasteiger partial charge on any atom is -0.492 e. The Morgan fingerprint density at radius 2 is 1.95 bits per heavy atom. The van der Waals surface area contributed by atoms with E-state index in [1.54, 1.807) is 28.6 Å². The molecule has 2 unspecified atom stereocenters. The highest BCUT2D eigenvalue weighted by Gasteiger charge is 2.34. The third kappa shape index (κ3) is 3.71. The minimum absolute atomic E-state index is 0.0379. The quantitative estimate of drug-likeness (QED) is 0.779. The fourth-order valence-electron chi connectivity index (χ4n) is 2.64. The molecule has 0 bridgehead atoms. The molecule has 1 aromatic carbocycles. The maximum atomic E-state index is 12.7. The van der Waals surface area contributed by atoms with E-state index in [-0.39, 0.29) is 6.04 Å². The lowest BCUT2D eigenvalue weighted by Crippen LogP contribution is -2.45. The van der Waals surface area contributed by atoms with Gasteiger partial charge >= 0.3 is 0 Å². The molecular formula is C15H22ClNO3S. The van der Waals surface area contributed by atoms with Crippen LogP contribution in [0.1, 0.15) is 26.7 Å². The van der Waals surface area contributed by atoms with Crippen molar-refractivity contribution < 1.29 is 13.2 Å². The van der Waals surface area contributed by atoms with Crippen molar-refractivity contribution in [2.24, 2.45) is 5.92 Å². The van der Waals surface area contributed by atoms with E-state index in [2.05, 4.69) is 6.92 Å². The SMILES string of the molecule is CC1CCCN(S(=O)(=O)c2ccc(OCCCl)cc2)C1C. The summed E-state index contributed by atoms with van der Waals surface area (Å²) in [7, 11) is -3.43. The molecule has 0 aromatic heterocycles. The summed E-state index contributed by atoms with van der Waals surface area (Å²) in [6.07, 6.45) is 2.00. The molecule has 1 heterocycles. The Kier molecular flexibility index (Phi) is 5.52. The molecule has 4 nitrogen and oxygen atoms in total. The van der Waals surface area contributed by atoms with Gasteiger partial charge in [0.1, 0.15) is 12.4 Å². The molecule has 2 atom stereocenters. The standard InChI is InChI=1S/C15H22ClNO3S/c1-12-4-3-10-17(13(12)2)21(18,19)15-7-5-14(6-8-15)20-11-9-16/h5-8,12-13H,3-4,9-11H2,1-2H3. The van der Waals surface area contributed by atoms with E-state index < -0.39 is 10.0 Å². The van der Waals surface area contributed by atoms with Crippen molar-refractivity contribution in [3.8, 4) is 5.75 Å². The number of sulfonamides is 1. The van der Waals surface area contributed by atoms with E-state index in [1.807, 2.05) is 6.92 Å². The van der Waals surface area contributed by atoms with E-state index >= 15 is 0 Å². The average Bonchev–Trinajstić information content (AvgIpc) is 2.48. The lowest BCUT2D eigenvalue weighted by molar-refractivity contribution is 0.202. The van der Waals surface area contributed by atoms with Crippen molar-refractivity contribution >= 4 is 21.6 Å². The van der Waals surface area contributed by atoms with Crippen molar-refractivity contribution in [3.05, 3.63) is 24.3 Å². The molecule has 0 spiro atoms. The molecule has 1 saturated heterocycles. The fourth-order valence-corrected chi connectivity index (χ4v) is 4.48. The lowest BCUT2D eigenvalue weighted by atomic mass is 9.94. The Labute approximate surface area is 132 Å². The van der Waals surface area contributed by atoms with Crippen LogP contribution < -0.4 is 4.74 Å². The van der Waals surface area contributed by atoms with Gasteiger partial charge in [-0.2, -0.15) is 4.31 Å². The van der Waals surface area contributed by atoms with Crippen LogP contribution in [-0.4, -0.2) is 37.8 Å². The van der Waals surface area contributed by atoms with Gasteiger partial charge in [-0.15, -0.1) is 11.6 Å². The van der Waals surface area contributed by atoms with Crippen molar-refractivity contribution in [2.75, 3.05) is 19.0 Å². The van der Waals surface area contributed by atoms with E-state index in [4.69, 9.17) is 16.3 Å². The average molecular weight is 332 g/mol. The molecule has 0 saturated carbocycles. The molecule has 6 heteroatoms. The van der Waals surface area contributed by atoms with Crippen LogP contribution in [0.4, 0.5) is 0 Å². The predicted octanol–water partition coefficient (Wildman–Crippen LogP) is 3.11. The topological polar surface area (TPSA) is 46.6 Å². The highest BCUT2D eigenvalue weighted by Crippen LogP contribution is 2.29. The summed E-state index contributed by atoms with van der Waals surface area (Å²) >= 11 is 5.56. The van der Waals surface area contributed by atoms with Crippen LogP contribution in [0.25, 0.3) is 0 Å². The predicted molar refractivity (Wildman–Crippen MR) is 84.4 cm³/mol. The molecule has 1 fully saturated rings. The van der Waals surface area contributed by atoms with Gasteiger partial charge in [0.05, 0.1) is 10.8 Å². The van der Waals surface area contributed by atoms with Gasteiger partial charge in [-0.05, 0) is 49.9 Å². The van der Waals surface area contributed by atoms with Gasteiger partial charge in [0.2, 0.25) is 10.0 Å². The number of alkyl halides is 1.